The molecule has 29 heavy (non-hydrogen) atoms. The molecule has 9 nitrogen and oxygen atoms in total. The van der Waals surface area contributed by atoms with E-state index < -0.39 is 11.9 Å². The molecule has 0 bridgehead atoms. The summed E-state index contributed by atoms with van der Waals surface area (Å²) in [6, 6.07) is 8.27. The number of aromatic nitrogens is 4. The van der Waals surface area contributed by atoms with Gasteiger partial charge >= 0.3 is 5.97 Å². The van der Waals surface area contributed by atoms with Gasteiger partial charge in [0.1, 0.15) is 6.61 Å². The van der Waals surface area contributed by atoms with E-state index in [1.165, 1.54) is 4.52 Å². The Balaban J connectivity index is 1.58. The molecule has 1 amide bonds. The van der Waals surface area contributed by atoms with Crippen molar-refractivity contribution in [2.75, 3.05) is 31.6 Å². The second-order valence-corrected chi connectivity index (χ2v) is 6.43. The lowest BCUT2D eigenvalue weighted by Crippen LogP contribution is -2.27. The molecule has 3 aromatic rings. The third kappa shape index (κ3) is 4.94. The molecule has 2 heterocycles. The molecule has 152 valence electrons. The van der Waals surface area contributed by atoms with Gasteiger partial charge in [-0.1, -0.05) is 13.8 Å². The maximum absolute atomic E-state index is 12.4. The number of anilines is 1. The molecule has 0 fully saturated rings. The van der Waals surface area contributed by atoms with Crippen LogP contribution in [0.2, 0.25) is 0 Å². The zero-order valence-electron chi connectivity index (χ0n) is 16.8. The minimum Gasteiger partial charge on any atom is -0.461 e. The lowest BCUT2D eigenvalue weighted by Gasteiger charge is -2.17. The molecule has 0 aliphatic heterocycles. The van der Waals surface area contributed by atoms with Crippen molar-refractivity contribution < 1.29 is 14.3 Å². The number of nitrogens with one attached hydrogen (secondary N) is 1. The van der Waals surface area contributed by atoms with Crippen molar-refractivity contribution in [3.8, 4) is 0 Å². The van der Waals surface area contributed by atoms with Crippen LogP contribution in [0.5, 0.6) is 0 Å². The molecule has 9 heteroatoms. The van der Waals surface area contributed by atoms with Gasteiger partial charge in [0.15, 0.2) is 0 Å². The summed E-state index contributed by atoms with van der Waals surface area (Å²) in [6.07, 6.45) is 1.61. The van der Waals surface area contributed by atoms with Crippen LogP contribution in [0.25, 0.3) is 5.78 Å². The minimum absolute atomic E-state index is 0.0201. The molecule has 0 aliphatic rings. The molecule has 0 saturated carbocycles. The van der Waals surface area contributed by atoms with Crippen LogP contribution in [0, 0.1) is 6.92 Å². The van der Waals surface area contributed by atoms with E-state index in [0.29, 0.717) is 30.2 Å². The predicted molar refractivity (Wildman–Crippen MR) is 108 cm³/mol. The molecule has 3 rings (SSSR count). The number of rotatable bonds is 8. The number of nitrogens with zero attached hydrogens (tertiary/aromatic N) is 5. The van der Waals surface area contributed by atoms with Crippen molar-refractivity contribution in [1.29, 1.82) is 0 Å². The van der Waals surface area contributed by atoms with E-state index in [4.69, 9.17) is 4.74 Å². The van der Waals surface area contributed by atoms with Gasteiger partial charge in [0.25, 0.3) is 11.7 Å². The van der Waals surface area contributed by atoms with Crippen LogP contribution < -0.4 is 5.32 Å². The van der Waals surface area contributed by atoms with E-state index in [-0.39, 0.29) is 5.82 Å². The Morgan fingerprint density at radius 3 is 2.52 bits per heavy atom. The molecule has 0 unspecified atom stereocenters. The van der Waals surface area contributed by atoms with E-state index >= 15 is 0 Å². The molecule has 0 radical (unpaired) electrons. The van der Waals surface area contributed by atoms with Crippen LogP contribution in [0.4, 0.5) is 5.69 Å². The Hall–Kier alpha value is -3.33. The second kappa shape index (κ2) is 9.24. The largest absolute Gasteiger partial charge is 0.461 e. The van der Waals surface area contributed by atoms with Gasteiger partial charge in [0.2, 0.25) is 5.82 Å². The van der Waals surface area contributed by atoms with Crippen LogP contribution in [0.15, 0.2) is 36.5 Å². The van der Waals surface area contributed by atoms with Gasteiger partial charge in [-0.15, -0.1) is 5.10 Å². The Bertz CT molecular complexity index is 995. The molecule has 0 spiro atoms. The number of carbonyl (C=O) groups excluding carboxylic acids is 2. The first kappa shape index (κ1) is 20.4. The summed E-state index contributed by atoms with van der Waals surface area (Å²) in [7, 11) is 0. The monoisotopic (exact) mass is 396 g/mol. The van der Waals surface area contributed by atoms with Crippen LogP contribution in [0.1, 0.15) is 40.5 Å². The van der Waals surface area contributed by atoms with E-state index in [2.05, 4.69) is 39.1 Å². The van der Waals surface area contributed by atoms with Gasteiger partial charge in [-0.2, -0.15) is 4.98 Å². The lowest BCUT2D eigenvalue weighted by atomic mass is 10.2. The maximum atomic E-state index is 12.4. The van der Waals surface area contributed by atoms with Gasteiger partial charge in [0.05, 0.1) is 5.56 Å². The Kier molecular flexibility index (Phi) is 6.50. The third-order valence-corrected chi connectivity index (χ3v) is 4.55. The van der Waals surface area contributed by atoms with Crippen molar-refractivity contribution in [1.82, 2.24) is 24.5 Å². The van der Waals surface area contributed by atoms with Crippen molar-refractivity contribution in [2.45, 2.75) is 20.8 Å². The number of hydrogen-bond donors (Lipinski definition) is 1. The molecule has 1 N–H and O–H groups in total. The van der Waals surface area contributed by atoms with E-state index in [1.54, 1.807) is 36.5 Å². The summed E-state index contributed by atoms with van der Waals surface area (Å²) >= 11 is 0. The summed E-state index contributed by atoms with van der Waals surface area (Å²) in [6.45, 7) is 8.86. The highest BCUT2D eigenvalue weighted by molar-refractivity contribution is 6.02. The first-order valence-electron chi connectivity index (χ1n) is 9.51. The van der Waals surface area contributed by atoms with Crippen LogP contribution in [0.3, 0.4) is 0 Å². The highest BCUT2D eigenvalue weighted by Gasteiger charge is 2.15. The smallest absolute Gasteiger partial charge is 0.338 e. The Morgan fingerprint density at radius 1 is 1.14 bits per heavy atom. The molecule has 2 aromatic heterocycles. The molecule has 0 atom stereocenters. The maximum Gasteiger partial charge on any atom is 0.338 e. The molecule has 0 saturated heterocycles. The minimum atomic E-state index is -0.454. The summed E-state index contributed by atoms with van der Waals surface area (Å²) in [5.74, 6) is -0.465. The number of carbonyl (C=O) groups is 2. The van der Waals surface area contributed by atoms with Crippen molar-refractivity contribution in [2.24, 2.45) is 0 Å². The Morgan fingerprint density at radius 2 is 1.86 bits per heavy atom. The number of benzene rings is 1. The first-order chi connectivity index (χ1) is 14.0. The second-order valence-electron chi connectivity index (χ2n) is 6.43. The average Bonchev–Trinajstić information content (AvgIpc) is 3.18. The fourth-order valence-corrected chi connectivity index (χ4v) is 2.77. The molecule has 1 aromatic carbocycles. The van der Waals surface area contributed by atoms with Crippen LogP contribution >= 0.6 is 0 Å². The predicted octanol–water partition coefficient (Wildman–Crippen LogP) is 2.18. The topological polar surface area (TPSA) is 102 Å². The summed E-state index contributed by atoms with van der Waals surface area (Å²) in [4.78, 5) is 34.9. The van der Waals surface area contributed by atoms with Crippen LogP contribution in [-0.4, -0.2) is 62.6 Å². The van der Waals surface area contributed by atoms with Crippen molar-refractivity contribution >= 4 is 23.3 Å². The summed E-state index contributed by atoms with van der Waals surface area (Å²) in [5, 5.41) is 6.88. The quantitative estimate of drug-likeness (QED) is 0.582. The average molecular weight is 396 g/mol. The summed E-state index contributed by atoms with van der Waals surface area (Å²) in [5.41, 5.74) is 1.77. The number of fused-ring (bicyclic) bond motifs is 1. The number of amides is 1. The SMILES string of the molecule is CCN(CC)CCOC(=O)c1ccc(NC(=O)c2nc3nccc(C)n3n2)cc1. The summed E-state index contributed by atoms with van der Waals surface area (Å²) < 4.78 is 6.81. The zero-order valence-corrected chi connectivity index (χ0v) is 16.8. The van der Waals surface area contributed by atoms with Gasteiger partial charge in [-0.3, -0.25) is 4.79 Å². The Labute approximate surface area is 168 Å². The number of ether oxygens (including phenoxy) is 1. The number of esters is 1. The van der Waals surface area contributed by atoms with Crippen molar-refractivity contribution in [3.05, 3.63) is 53.6 Å². The standard InChI is InChI=1S/C20H24N6O3/c1-4-25(5-2)12-13-29-19(28)15-6-8-16(9-7-15)22-18(27)17-23-20-21-11-10-14(3)26(20)24-17/h6-11H,4-5,12-13H2,1-3H3,(H,22,27). The number of likely N-dealkylation sites (N-methyl/N-ethyl adjacent to an activating group) is 1. The van der Waals surface area contributed by atoms with E-state index in [0.717, 1.165) is 18.8 Å². The van der Waals surface area contributed by atoms with Gasteiger partial charge < -0.3 is 15.0 Å². The lowest BCUT2D eigenvalue weighted by molar-refractivity contribution is 0.0466. The molecular formula is C20H24N6O3. The van der Waals surface area contributed by atoms with Crippen LogP contribution in [-0.2, 0) is 4.74 Å². The highest BCUT2D eigenvalue weighted by Crippen LogP contribution is 2.12. The third-order valence-electron chi connectivity index (χ3n) is 4.55. The fourth-order valence-electron chi connectivity index (χ4n) is 2.77. The number of hydrogen-bond acceptors (Lipinski definition) is 7. The first-order valence-corrected chi connectivity index (χ1v) is 9.51. The molecular weight excluding hydrogens is 372 g/mol. The van der Waals surface area contributed by atoms with E-state index in [1.807, 2.05) is 6.92 Å². The van der Waals surface area contributed by atoms with E-state index in [9.17, 15) is 9.59 Å². The zero-order chi connectivity index (χ0) is 20.8. The van der Waals surface area contributed by atoms with Gasteiger partial charge in [-0.05, 0) is 50.3 Å². The highest BCUT2D eigenvalue weighted by atomic mass is 16.5. The van der Waals surface area contributed by atoms with Gasteiger partial charge in [0, 0.05) is 24.1 Å². The number of aryl methyl sites for hydroxylation is 1. The van der Waals surface area contributed by atoms with Gasteiger partial charge in [-0.25, -0.2) is 14.3 Å². The molecule has 0 aliphatic carbocycles. The fraction of sp³-hybridized carbons (Fsp3) is 0.350. The normalized spacial score (nSPS) is 11.0. The van der Waals surface area contributed by atoms with Crippen molar-refractivity contribution in [3.63, 3.8) is 0 Å².